The summed E-state index contributed by atoms with van der Waals surface area (Å²) in [6.07, 6.45) is 1.82. The first-order valence-corrected chi connectivity index (χ1v) is 5.06. The van der Waals surface area contributed by atoms with Crippen molar-refractivity contribution in [1.82, 2.24) is 0 Å². The van der Waals surface area contributed by atoms with Gasteiger partial charge in [-0.3, -0.25) is 4.79 Å². The number of Topliss-reactive ketones (excluding diaryl/α,β-unsaturated/α-hetero) is 1. The van der Waals surface area contributed by atoms with E-state index in [-0.39, 0.29) is 17.5 Å². The first kappa shape index (κ1) is 10.1. The van der Waals surface area contributed by atoms with Crippen LogP contribution in [0.3, 0.4) is 0 Å². The Hall–Kier alpha value is -1.38. The summed E-state index contributed by atoms with van der Waals surface area (Å²) >= 11 is 0. The van der Waals surface area contributed by atoms with Crippen molar-refractivity contribution in [2.75, 3.05) is 7.11 Å². The zero-order chi connectivity index (χ0) is 10.8. The van der Waals surface area contributed by atoms with E-state index in [0.29, 0.717) is 24.2 Å². The topological polar surface area (TPSA) is 26.3 Å². The van der Waals surface area contributed by atoms with Crippen LogP contribution >= 0.6 is 0 Å². The average Bonchev–Trinajstić information content (AvgIpc) is 2.64. The van der Waals surface area contributed by atoms with E-state index in [1.807, 2.05) is 0 Å². The maximum absolute atomic E-state index is 13.6. The van der Waals surface area contributed by atoms with Gasteiger partial charge in [-0.05, 0) is 24.0 Å². The van der Waals surface area contributed by atoms with Crippen molar-refractivity contribution in [3.8, 4) is 5.75 Å². The fourth-order valence-electron chi connectivity index (χ4n) is 2.05. The Labute approximate surface area is 88.1 Å². The van der Waals surface area contributed by atoms with Crippen LogP contribution < -0.4 is 4.74 Å². The first-order chi connectivity index (χ1) is 7.20. The Bertz CT molecular complexity index is 387. The first-order valence-electron chi connectivity index (χ1n) is 5.06. The molecule has 0 N–H and O–H groups in total. The van der Waals surface area contributed by atoms with E-state index < -0.39 is 0 Å². The molecule has 0 saturated heterocycles. The third-order valence-corrected chi connectivity index (χ3v) is 2.89. The Morgan fingerprint density at radius 3 is 2.80 bits per heavy atom. The number of hydrogen-bond acceptors (Lipinski definition) is 2. The fraction of sp³-hybridized carbons (Fsp3) is 0.417. The molecule has 1 unspecified atom stereocenters. The van der Waals surface area contributed by atoms with E-state index in [1.54, 1.807) is 12.1 Å². The highest BCUT2D eigenvalue weighted by Crippen LogP contribution is 2.34. The van der Waals surface area contributed by atoms with Gasteiger partial charge in [0.15, 0.2) is 0 Å². The number of methoxy groups -OCH3 is 1. The molecule has 0 spiro atoms. The monoisotopic (exact) mass is 208 g/mol. The van der Waals surface area contributed by atoms with E-state index in [2.05, 4.69) is 0 Å². The van der Waals surface area contributed by atoms with Gasteiger partial charge in [-0.1, -0.05) is 6.07 Å². The van der Waals surface area contributed by atoms with Crippen LogP contribution in [-0.2, 0) is 4.79 Å². The van der Waals surface area contributed by atoms with Crippen LogP contribution in [0.1, 0.15) is 30.7 Å². The zero-order valence-electron chi connectivity index (χ0n) is 8.63. The van der Waals surface area contributed by atoms with Crippen LogP contribution in [0.15, 0.2) is 18.2 Å². The lowest BCUT2D eigenvalue weighted by Crippen LogP contribution is -1.98. The summed E-state index contributed by atoms with van der Waals surface area (Å²) in [6, 6.07) is 4.83. The van der Waals surface area contributed by atoms with E-state index in [9.17, 15) is 9.18 Å². The van der Waals surface area contributed by atoms with Crippen molar-refractivity contribution < 1.29 is 13.9 Å². The van der Waals surface area contributed by atoms with E-state index >= 15 is 0 Å². The van der Waals surface area contributed by atoms with Gasteiger partial charge in [-0.15, -0.1) is 0 Å². The molecule has 0 aromatic heterocycles. The molecule has 1 aliphatic rings. The van der Waals surface area contributed by atoms with E-state index in [1.165, 1.54) is 13.2 Å². The molecule has 0 amide bonds. The number of carbonyl (C=O) groups is 1. The molecule has 1 aromatic carbocycles. The quantitative estimate of drug-likeness (QED) is 0.746. The fourth-order valence-corrected chi connectivity index (χ4v) is 2.05. The summed E-state index contributed by atoms with van der Waals surface area (Å²) in [5.41, 5.74) is 0.640. The third-order valence-electron chi connectivity index (χ3n) is 2.89. The largest absolute Gasteiger partial charge is 0.497 e. The maximum Gasteiger partial charge on any atom is 0.133 e. The summed E-state index contributed by atoms with van der Waals surface area (Å²) in [6.45, 7) is 0. The Balaban J connectivity index is 2.25. The molecule has 1 atom stereocenters. The van der Waals surface area contributed by atoms with E-state index in [4.69, 9.17) is 4.74 Å². The van der Waals surface area contributed by atoms with Gasteiger partial charge >= 0.3 is 0 Å². The highest BCUT2D eigenvalue weighted by Gasteiger charge is 2.25. The molecule has 1 aliphatic carbocycles. The van der Waals surface area contributed by atoms with Gasteiger partial charge in [0.2, 0.25) is 0 Å². The zero-order valence-corrected chi connectivity index (χ0v) is 8.63. The lowest BCUT2D eigenvalue weighted by molar-refractivity contribution is -0.117. The standard InChI is InChI=1S/C12H13FO2/c1-15-10-4-5-11(12(13)7-10)8-2-3-9(14)6-8/h4-5,7-8H,2-3,6H2,1H3. The summed E-state index contributed by atoms with van der Waals surface area (Å²) in [4.78, 5) is 11.1. The van der Waals surface area contributed by atoms with Crippen molar-refractivity contribution >= 4 is 5.78 Å². The molecule has 0 radical (unpaired) electrons. The molecule has 1 saturated carbocycles. The molecule has 0 bridgehead atoms. The van der Waals surface area contributed by atoms with Gasteiger partial charge in [-0.25, -0.2) is 4.39 Å². The number of halogens is 1. The van der Waals surface area contributed by atoms with Crippen molar-refractivity contribution in [1.29, 1.82) is 0 Å². The van der Waals surface area contributed by atoms with Crippen LogP contribution in [0.5, 0.6) is 5.75 Å². The minimum atomic E-state index is -0.269. The normalized spacial score (nSPS) is 20.7. The second kappa shape index (κ2) is 4.01. The van der Waals surface area contributed by atoms with Crippen LogP contribution in [0.25, 0.3) is 0 Å². The SMILES string of the molecule is COc1ccc(C2CCC(=O)C2)c(F)c1. The molecular weight excluding hydrogens is 195 g/mol. The number of benzene rings is 1. The molecule has 15 heavy (non-hydrogen) atoms. The van der Waals surface area contributed by atoms with Crippen molar-refractivity contribution in [2.24, 2.45) is 0 Å². The lowest BCUT2D eigenvalue weighted by atomic mass is 9.97. The van der Waals surface area contributed by atoms with Gasteiger partial charge in [-0.2, -0.15) is 0 Å². The summed E-state index contributed by atoms with van der Waals surface area (Å²) < 4.78 is 18.6. The molecule has 80 valence electrons. The summed E-state index contributed by atoms with van der Waals surface area (Å²) in [5, 5.41) is 0. The second-order valence-corrected chi connectivity index (χ2v) is 3.87. The van der Waals surface area contributed by atoms with Crippen LogP contribution in [-0.4, -0.2) is 12.9 Å². The van der Waals surface area contributed by atoms with Crippen LogP contribution in [0.4, 0.5) is 4.39 Å². The molecule has 2 rings (SSSR count). The Morgan fingerprint density at radius 2 is 2.27 bits per heavy atom. The van der Waals surface area contributed by atoms with Crippen LogP contribution in [0, 0.1) is 5.82 Å². The number of rotatable bonds is 2. The molecule has 1 fully saturated rings. The van der Waals surface area contributed by atoms with Gasteiger partial charge in [0.25, 0.3) is 0 Å². The molecule has 1 aromatic rings. The predicted molar refractivity (Wildman–Crippen MR) is 54.6 cm³/mol. The minimum Gasteiger partial charge on any atom is -0.497 e. The number of ketones is 1. The predicted octanol–water partition coefficient (Wildman–Crippen LogP) is 2.67. The molecule has 0 aliphatic heterocycles. The third kappa shape index (κ3) is 2.01. The summed E-state index contributed by atoms with van der Waals surface area (Å²) in [7, 11) is 1.51. The van der Waals surface area contributed by atoms with Crippen LogP contribution in [0.2, 0.25) is 0 Å². The van der Waals surface area contributed by atoms with Crippen molar-refractivity contribution in [3.63, 3.8) is 0 Å². The van der Waals surface area contributed by atoms with Gasteiger partial charge in [0.1, 0.15) is 17.3 Å². The molecule has 0 heterocycles. The maximum atomic E-state index is 13.6. The molecule has 2 nitrogen and oxygen atoms in total. The van der Waals surface area contributed by atoms with Gasteiger partial charge in [0, 0.05) is 18.9 Å². The Morgan fingerprint density at radius 1 is 1.47 bits per heavy atom. The average molecular weight is 208 g/mol. The lowest BCUT2D eigenvalue weighted by Gasteiger charge is -2.10. The van der Waals surface area contributed by atoms with Gasteiger partial charge in [0.05, 0.1) is 7.11 Å². The number of hydrogen-bond donors (Lipinski definition) is 0. The smallest absolute Gasteiger partial charge is 0.133 e. The van der Waals surface area contributed by atoms with Crippen molar-refractivity contribution in [3.05, 3.63) is 29.6 Å². The van der Waals surface area contributed by atoms with Crippen molar-refractivity contribution in [2.45, 2.75) is 25.2 Å². The summed E-state index contributed by atoms with van der Waals surface area (Å²) in [5.74, 6) is 0.535. The number of ether oxygens (including phenoxy) is 1. The van der Waals surface area contributed by atoms with Gasteiger partial charge < -0.3 is 4.74 Å². The molecular formula is C12H13FO2. The second-order valence-electron chi connectivity index (χ2n) is 3.87. The highest BCUT2D eigenvalue weighted by atomic mass is 19.1. The molecule has 3 heteroatoms. The number of carbonyl (C=O) groups excluding carboxylic acids is 1. The van der Waals surface area contributed by atoms with E-state index in [0.717, 1.165) is 6.42 Å². The highest BCUT2D eigenvalue weighted by molar-refractivity contribution is 5.81. The Kier molecular flexibility index (Phi) is 2.71. The minimum absolute atomic E-state index is 0.0587.